The van der Waals surface area contributed by atoms with Crippen LogP contribution in [0.1, 0.15) is 13.8 Å². The number of carbonyl (C=O) groups is 1. The minimum atomic E-state index is 0.0342. The summed E-state index contributed by atoms with van der Waals surface area (Å²) in [5, 5.41) is 4.69. The molecule has 12 heavy (non-hydrogen) atoms. The molecular formula is C7H16BN3O. The van der Waals surface area contributed by atoms with Crippen LogP contribution in [0.25, 0.3) is 0 Å². The first kappa shape index (κ1) is 9.38. The molecule has 0 radical (unpaired) electrons. The second-order valence-electron chi connectivity index (χ2n) is 3.70. The Morgan fingerprint density at radius 2 is 2.08 bits per heavy atom. The molecule has 0 spiro atoms. The van der Waals surface area contributed by atoms with Gasteiger partial charge < -0.3 is 4.90 Å². The van der Waals surface area contributed by atoms with E-state index >= 15 is 0 Å². The summed E-state index contributed by atoms with van der Waals surface area (Å²) < 4.78 is 0. The largest absolute Gasteiger partial charge is 0.332 e. The van der Waals surface area contributed by atoms with Gasteiger partial charge in [0.1, 0.15) is 0 Å². The van der Waals surface area contributed by atoms with Gasteiger partial charge in [0.15, 0.2) is 0 Å². The van der Waals surface area contributed by atoms with Crippen molar-refractivity contribution in [1.29, 1.82) is 0 Å². The maximum Gasteiger partial charge on any atom is 0.332 e. The monoisotopic (exact) mass is 169 g/mol. The molecule has 68 valence electrons. The highest BCUT2D eigenvalue weighted by molar-refractivity contribution is 6.58. The molecule has 0 atom stereocenters. The molecule has 0 aromatic heterocycles. The van der Waals surface area contributed by atoms with E-state index < -0.39 is 0 Å². The number of rotatable bonds is 1. The SMILES string of the molecule is CC(C)B1CN(C)C(=O)N(C)N1. The van der Waals surface area contributed by atoms with Gasteiger partial charge in [-0.15, -0.1) is 0 Å². The summed E-state index contributed by atoms with van der Waals surface area (Å²) in [7, 11) is 3.59. The number of carbonyl (C=O) groups excluding carboxylic acids is 1. The van der Waals surface area contributed by atoms with Crippen LogP contribution in [0.2, 0.25) is 5.82 Å². The zero-order chi connectivity index (χ0) is 9.30. The Balaban J connectivity index is 2.59. The Bertz CT molecular complexity index is 171. The van der Waals surface area contributed by atoms with Crippen LogP contribution in [-0.2, 0) is 0 Å². The van der Waals surface area contributed by atoms with Crippen LogP contribution >= 0.6 is 0 Å². The molecule has 4 nitrogen and oxygen atoms in total. The second-order valence-corrected chi connectivity index (χ2v) is 3.70. The molecule has 1 fully saturated rings. The third kappa shape index (κ3) is 1.72. The summed E-state index contributed by atoms with van der Waals surface area (Å²) in [5.74, 6) is 0.544. The smallest absolute Gasteiger partial charge is 0.332 e. The predicted octanol–water partition coefficient (Wildman–Crippen LogP) is 0.429. The molecule has 0 aromatic carbocycles. The summed E-state index contributed by atoms with van der Waals surface area (Å²) in [6, 6.07) is 0.0342. The van der Waals surface area contributed by atoms with E-state index in [2.05, 4.69) is 19.2 Å². The zero-order valence-corrected chi connectivity index (χ0v) is 8.16. The maximum atomic E-state index is 11.3. The van der Waals surface area contributed by atoms with E-state index in [1.165, 1.54) is 0 Å². The fourth-order valence-electron chi connectivity index (χ4n) is 1.33. The molecule has 0 aromatic rings. The topological polar surface area (TPSA) is 35.6 Å². The van der Waals surface area contributed by atoms with E-state index in [1.807, 2.05) is 7.05 Å². The van der Waals surface area contributed by atoms with Crippen molar-refractivity contribution in [2.45, 2.75) is 19.7 Å². The van der Waals surface area contributed by atoms with E-state index in [0.717, 1.165) is 6.44 Å². The van der Waals surface area contributed by atoms with Gasteiger partial charge in [-0.05, 0) is 0 Å². The lowest BCUT2D eigenvalue weighted by atomic mass is 9.52. The Morgan fingerprint density at radius 1 is 1.50 bits per heavy atom. The van der Waals surface area contributed by atoms with Crippen LogP contribution in [0.5, 0.6) is 0 Å². The van der Waals surface area contributed by atoms with Crippen molar-refractivity contribution in [2.24, 2.45) is 0 Å². The lowest BCUT2D eigenvalue weighted by Crippen LogP contribution is -2.63. The van der Waals surface area contributed by atoms with Crippen LogP contribution in [-0.4, -0.2) is 43.3 Å². The summed E-state index contributed by atoms with van der Waals surface area (Å²) in [6.07, 6.45) is 0.792. The molecule has 1 heterocycles. The molecular weight excluding hydrogens is 153 g/mol. The fraction of sp³-hybridized carbons (Fsp3) is 0.857. The van der Waals surface area contributed by atoms with Gasteiger partial charge in [-0.3, -0.25) is 10.3 Å². The van der Waals surface area contributed by atoms with Crippen molar-refractivity contribution >= 4 is 12.9 Å². The average molecular weight is 169 g/mol. The van der Waals surface area contributed by atoms with Crippen molar-refractivity contribution in [3.8, 4) is 0 Å². The van der Waals surface area contributed by atoms with Crippen molar-refractivity contribution in [3.63, 3.8) is 0 Å². The quantitative estimate of drug-likeness (QED) is 0.577. The summed E-state index contributed by atoms with van der Waals surface area (Å²) in [6.45, 7) is 4.67. The summed E-state index contributed by atoms with van der Waals surface area (Å²) in [4.78, 5) is 13.0. The van der Waals surface area contributed by atoms with Crippen LogP contribution in [0.15, 0.2) is 0 Å². The molecule has 1 N–H and O–H groups in total. The first-order chi connectivity index (χ1) is 5.52. The standard InChI is InChI=1S/C7H16BN3O/c1-6(2)8-5-10(3)7(12)11(4)9-8/h6,9H,5H2,1-4H3. The molecule has 5 heteroatoms. The molecule has 0 aliphatic carbocycles. The number of nitrogens with one attached hydrogen (secondary N) is 1. The number of amides is 2. The van der Waals surface area contributed by atoms with Gasteiger partial charge in [0.25, 0.3) is 6.85 Å². The molecule has 0 bridgehead atoms. The van der Waals surface area contributed by atoms with E-state index in [1.54, 1.807) is 17.0 Å². The second kappa shape index (κ2) is 3.35. The fourth-order valence-corrected chi connectivity index (χ4v) is 1.33. The van der Waals surface area contributed by atoms with Crippen molar-refractivity contribution < 1.29 is 4.79 Å². The molecule has 1 aliphatic rings. The molecule has 2 amide bonds. The van der Waals surface area contributed by atoms with Crippen molar-refractivity contribution in [1.82, 2.24) is 15.2 Å². The number of hydrogen-bond acceptors (Lipinski definition) is 2. The Hall–Kier alpha value is -0.705. The van der Waals surface area contributed by atoms with E-state index in [-0.39, 0.29) is 6.03 Å². The van der Waals surface area contributed by atoms with E-state index in [0.29, 0.717) is 12.7 Å². The average Bonchev–Trinajstić information content (AvgIpc) is 1.99. The Kier molecular flexibility index (Phi) is 2.62. The van der Waals surface area contributed by atoms with Gasteiger partial charge >= 0.3 is 6.03 Å². The van der Waals surface area contributed by atoms with Crippen LogP contribution < -0.4 is 5.34 Å². The van der Waals surface area contributed by atoms with Crippen LogP contribution in [0.4, 0.5) is 4.79 Å². The maximum absolute atomic E-state index is 11.3. The van der Waals surface area contributed by atoms with Gasteiger partial charge in [0.05, 0.1) is 0 Å². The molecule has 0 unspecified atom stereocenters. The lowest BCUT2D eigenvalue weighted by Gasteiger charge is -2.37. The Labute approximate surface area is 74.0 Å². The minimum Gasteiger partial charge on any atom is -0.332 e. The molecule has 1 aliphatic heterocycles. The zero-order valence-electron chi connectivity index (χ0n) is 8.16. The number of hydrazine groups is 1. The van der Waals surface area contributed by atoms with Gasteiger partial charge in [-0.2, -0.15) is 0 Å². The Morgan fingerprint density at radius 3 is 2.50 bits per heavy atom. The number of nitrogens with zero attached hydrogens (tertiary/aromatic N) is 2. The predicted molar refractivity (Wildman–Crippen MR) is 49.8 cm³/mol. The van der Waals surface area contributed by atoms with Crippen LogP contribution in [0.3, 0.4) is 0 Å². The minimum absolute atomic E-state index is 0.0342. The summed E-state index contributed by atoms with van der Waals surface area (Å²) >= 11 is 0. The third-order valence-corrected chi connectivity index (χ3v) is 2.25. The highest BCUT2D eigenvalue weighted by Crippen LogP contribution is 2.10. The van der Waals surface area contributed by atoms with Crippen molar-refractivity contribution in [3.05, 3.63) is 0 Å². The third-order valence-electron chi connectivity index (χ3n) is 2.25. The molecule has 0 saturated carbocycles. The molecule has 1 rings (SSSR count). The van der Waals surface area contributed by atoms with Gasteiger partial charge in [0, 0.05) is 20.5 Å². The van der Waals surface area contributed by atoms with Crippen molar-refractivity contribution in [2.75, 3.05) is 20.5 Å². The number of hydrogen-bond donors (Lipinski definition) is 1. The first-order valence-electron chi connectivity index (χ1n) is 4.27. The van der Waals surface area contributed by atoms with E-state index in [4.69, 9.17) is 0 Å². The van der Waals surface area contributed by atoms with Gasteiger partial charge in [-0.25, -0.2) is 4.79 Å². The number of urea groups is 1. The molecule has 1 saturated heterocycles. The highest BCUT2D eigenvalue weighted by atomic mass is 16.2. The van der Waals surface area contributed by atoms with Gasteiger partial charge in [0.2, 0.25) is 0 Å². The van der Waals surface area contributed by atoms with E-state index in [9.17, 15) is 4.79 Å². The van der Waals surface area contributed by atoms with Crippen LogP contribution in [0, 0.1) is 0 Å². The van der Waals surface area contributed by atoms with Gasteiger partial charge in [-0.1, -0.05) is 19.7 Å². The highest BCUT2D eigenvalue weighted by Gasteiger charge is 2.31. The summed E-state index contributed by atoms with van der Waals surface area (Å²) in [5.41, 5.74) is 0. The lowest BCUT2D eigenvalue weighted by molar-refractivity contribution is 0.161. The first-order valence-corrected chi connectivity index (χ1v) is 4.27. The normalized spacial score (nSPS) is 19.4.